The third-order valence-electron chi connectivity index (χ3n) is 3.70. The third kappa shape index (κ3) is 3.36. The molecule has 0 aliphatic carbocycles. The molecule has 0 bridgehead atoms. The summed E-state index contributed by atoms with van der Waals surface area (Å²) in [5, 5.41) is 3.39. The lowest BCUT2D eigenvalue weighted by molar-refractivity contribution is 0.0377. The Morgan fingerprint density at radius 3 is 2.83 bits per heavy atom. The minimum atomic E-state index is 0.203. The number of nitrogens with zero attached hydrogens (tertiary/aromatic N) is 2. The molecule has 0 radical (unpaired) electrons. The third-order valence-corrected chi connectivity index (χ3v) is 3.70. The molecule has 18 heavy (non-hydrogen) atoms. The van der Waals surface area contributed by atoms with Gasteiger partial charge in [-0.3, -0.25) is 0 Å². The average molecular weight is 255 g/mol. The number of rotatable bonds is 3. The van der Waals surface area contributed by atoms with Gasteiger partial charge in [-0.25, -0.2) is 4.79 Å². The van der Waals surface area contributed by atoms with Crippen molar-refractivity contribution in [2.75, 3.05) is 45.9 Å². The average Bonchev–Trinajstić information content (AvgIpc) is 2.46. The molecule has 2 heterocycles. The van der Waals surface area contributed by atoms with Crippen molar-refractivity contribution in [1.82, 2.24) is 15.1 Å². The number of carbonyl (C=O) groups is 1. The van der Waals surface area contributed by atoms with E-state index < -0.39 is 0 Å². The van der Waals surface area contributed by atoms with Crippen LogP contribution in [0.2, 0.25) is 0 Å². The summed E-state index contributed by atoms with van der Waals surface area (Å²) >= 11 is 0. The number of ether oxygens (including phenoxy) is 1. The Hall–Kier alpha value is -0.810. The number of urea groups is 1. The Labute approximate surface area is 109 Å². The second kappa shape index (κ2) is 6.95. The Morgan fingerprint density at radius 2 is 2.22 bits per heavy atom. The molecule has 1 atom stereocenters. The van der Waals surface area contributed by atoms with Crippen LogP contribution in [0.5, 0.6) is 0 Å². The molecule has 0 saturated carbocycles. The molecule has 2 rings (SSSR count). The molecule has 2 amide bonds. The van der Waals surface area contributed by atoms with Gasteiger partial charge in [0.25, 0.3) is 0 Å². The maximum atomic E-state index is 12.6. The molecule has 0 spiro atoms. The van der Waals surface area contributed by atoms with Gasteiger partial charge in [0.05, 0.1) is 13.2 Å². The van der Waals surface area contributed by atoms with Crippen molar-refractivity contribution < 1.29 is 9.53 Å². The molecule has 1 unspecified atom stereocenters. The smallest absolute Gasteiger partial charge is 0.320 e. The molecule has 1 N–H and O–H groups in total. The van der Waals surface area contributed by atoms with Gasteiger partial charge in [0.2, 0.25) is 0 Å². The maximum Gasteiger partial charge on any atom is 0.320 e. The molecule has 0 aromatic carbocycles. The first-order chi connectivity index (χ1) is 8.83. The first-order valence-corrected chi connectivity index (χ1v) is 7.17. The zero-order valence-electron chi connectivity index (χ0n) is 11.4. The molecule has 0 aromatic rings. The van der Waals surface area contributed by atoms with Crippen LogP contribution < -0.4 is 5.32 Å². The fraction of sp³-hybridized carbons (Fsp3) is 0.923. The van der Waals surface area contributed by atoms with Gasteiger partial charge in [-0.15, -0.1) is 0 Å². The van der Waals surface area contributed by atoms with E-state index in [-0.39, 0.29) is 6.03 Å². The first kappa shape index (κ1) is 13.6. The van der Waals surface area contributed by atoms with Gasteiger partial charge in [-0.1, -0.05) is 6.92 Å². The zero-order valence-corrected chi connectivity index (χ0v) is 11.4. The summed E-state index contributed by atoms with van der Waals surface area (Å²) in [5.41, 5.74) is 0. The lowest BCUT2D eigenvalue weighted by Crippen LogP contribution is -2.55. The van der Waals surface area contributed by atoms with Crippen molar-refractivity contribution in [3.8, 4) is 0 Å². The second-order valence-corrected chi connectivity index (χ2v) is 5.08. The Bertz CT molecular complexity index is 261. The number of hydrogen-bond donors (Lipinski definition) is 1. The maximum absolute atomic E-state index is 12.6. The van der Waals surface area contributed by atoms with Gasteiger partial charge in [0.1, 0.15) is 0 Å². The van der Waals surface area contributed by atoms with E-state index in [4.69, 9.17) is 4.74 Å². The van der Waals surface area contributed by atoms with Crippen LogP contribution in [0.15, 0.2) is 0 Å². The molecule has 5 nitrogen and oxygen atoms in total. The number of nitrogens with one attached hydrogen (secondary N) is 1. The summed E-state index contributed by atoms with van der Waals surface area (Å²) in [6, 6.07) is 0.572. The summed E-state index contributed by atoms with van der Waals surface area (Å²) in [4.78, 5) is 16.6. The molecule has 2 aliphatic rings. The Morgan fingerprint density at radius 1 is 1.44 bits per heavy atom. The lowest BCUT2D eigenvalue weighted by atomic mass is 10.1. The van der Waals surface area contributed by atoms with Crippen LogP contribution in [0.4, 0.5) is 4.79 Å². The quantitative estimate of drug-likeness (QED) is 0.815. The summed E-state index contributed by atoms with van der Waals surface area (Å²) in [6.07, 6.45) is 3.32. The van der Waals surface area contributed by atoms with Crippen LogP contribution >= 0.6 is 0 Å². The molecule has 2 saturated heterocycles. The lowest BCUT2D eigenvalue weighted by Gasteiger charge is -2.39. The number of piperidine rings is 1. The topological polar surface area (TPSA) is 44.8 Å². The van der Waals surface area contributed by atoms with Crippen molar-refractivity contribution in [1.29, 1.82) is 0 Å². The van der Waals surface area contributed by atoms with Crippen LogP contribution in [0.3, 0.4) is 0 Å². The van der Waals surface area contributed by atoms with Crippen molar-refractivity contribution in [2.45, 2.75) is 32.2 Å². The fourth-order valence-corrected chi connectivity index (χ4v) is 2.71. The fourth-order valence-electron chi connectivity index (χ4n) is 2.71. The van der Waals surface area contributed by atoms with Crippen molar-refractivity contribution in [3.05, 3.63) is 0 Å². The highest BCUT2D eigenvalue weighted by Gasteiger charge is 2.28. The minimum Gasteiger partial charge on any atom is -0.378 e. The number of carbonyl (C=O) groups excluding carboxylic acids is 1. The van der Waals surface area contributed by atoms with Gasteiger partial charge in [0.15, 0.2) is 0 Å². The van der Waals surface area contributed by atoms with E-state index in [0.717, 1.165) is 45.6 Å². The summed E-state index contributed by atoms with van der Waals surface area (Å²) in [5.74, 6) is 0. The SMILES string of the molecule is CCCN(C(=O)N1CCOCC1)C1CCCNC1. The van der Waals surface area contributed by atoms with E-state index in [2.05, 4.69) is 17.1 Å². The van der Waals surface area contributed by atoms with E-state index in [1.807, 2.05) is 4.90 Å². The van der Waals surface area contributed by atoms with Gasteiger partial charge in [-0.2, -0.15) is 0 Å². The zero-order chi connectivity index (χ0) is 12.8. The minimum absolute atomic E-state index is 0.203. The van der Waals surface area contributed by atoms with Gasteiger partial charge in [0, 0.05) is 32.2 Å². The molecule has 0 aromatic heterocycles. The van der Waals surface area contributed by atoms with E-state index in [1.165, 1.54) is 6.42 Å². The van der Waals surface area contributed by atoms with E-state index >= 15 is 0 Å². The van der Waals surface area contributed by atoms with Gasteiger partial charge in [-0.05, 0) is 25.8 Å². The number of hydrogen-bond acceptors (Lipinski definition) is 3. The summed E-state index contributed by atoms with van der Waals surface area (Å²) < 4.78 is 5.31. The standard InChI is InChI=1S/C13H25N3O2/c1-2-6-16(12-4-3-5-14-11-12)13(17)15-7-9-18-10-8-15/h12,14H,2-11H2,1H3. The van der Waals surface area contributed by atoms with E-state index in [1.54, 1.807) is 0 Å². The van der Waals surface area contributed by atoms with Gasteiger partial charge < -0.3 is 19.9 Å². The van der Waals surface area contributed by atoms with E-state index in [0.29, 0.717) is 19.3 Å². The van der Waals surface area contributed by atoms with Crippen molar-refractivity contribution in [2.24, 2.45) is 0 Å². The van der Waals surface area contributed by atoms with Crippen LogP contribution in [0.25, 0.3) is 0 Å². The van der Waals surface area contributed by atoms with Crippen LogP contribution in [0, 0.1) is 0 Å². The van der Waals surface area contributed by atoms with Crippen LogP contribution in [-0.2, 0) is 4.74 Å². The molecule has 2 aliphatic heterocycles. The highest BCUT2D eigenvalue weighted by molar-refractivity contribution is 5.75. The largest absolute Gasteiger partial charge is 0.378 e. The monoisotopic (exact) mass is 255 g/mol. The van der Waals surface area contributed by atoms with Crippen molar-refractivity contribution in [3.63, 3.8) is 0 Å². The summed E-state index contributed by atoms with van der Waals surface area (Å²) in [7, 11) is 0. The predicted octanol–water partition coefficient (Wildman–Crippen LogP) is 0.903. The molecule has 104 valence electrons. The number of morpholine rings is 1. The van der Waals surface area contributed by atoms with E-state index in [9.17, 15) is 4.79 Å². The highest BCUT2D eigenvalue weighted by atomic mass is 16.5. The van der Waals surface area contributed by atoms with Crippen molar-refractivity contribution >= 4 is 6.03 Å². The molecule has 5 heteroatoms. The molecular weight excluding hydrogens is 230 g/mol. The second-order valence-electron chi connectivity index (χ2n) is 5.08. The van der Waals surface area contributed by atoms with Crippen LogP contribution in [-0.4, -0.2) is 67.8 Å². The van der Waals surface area contributed by atoms with Crippen LogP contribution in [0.1, 0.15) is 26.2 Å². The number of amides is 2. The van der Waals surface area contributed by atoms with Gasteiger partial charge >= 0.3 is 6.03 Å². The molecule has 2 fully saturated rings. The summed E-state index contributed by atoms with van der Waals surface area (Å²) in [6.45, 7) is 7.85. The Balaban J connectivity index is 1.96. The predicted molar refractivity (Wildman–Crippen MR) is 70.7 cm³/mol. The molecular formula is C13H25N3O2. The first-order valence-electron chi connectivity index (χ1n) is 7.17. The highest BCUT2D eigenvalue weighted by Crippen LogP contribution is 2.14. The Kier molecular flexibility index (Phi) is 5.26. The normalized spacial score (nSPS) is 24.9.